The van der Waals surface area contributed by atoms with Crippen molar-refractivity contribution < 1.29 is 0 Å². The fourth-order valence-electron chi connectivity index (χ4n) is 2.40. The van der Waals surface area contributed by atoms with Crippen LogP contribution < -0.4 is 5.32 Å². The van der Waals surface area contributed by atoms with E-state index in [2.05, 4.69) is 24.0 Å². The Morgan fingerprint density at radius 2 is 1.85 bits per heavy atom. The summed E-state index contributed by atoms with van der Waals surface area (Å²) in [4.78, 5) is 0. The van der Waals surface area contributed by atoms with Crippen LogP contribution in [-0.4, -0.2) is 23.6 Å². The van der Waals surface area contributed by atoms with E-state index in [4.69, 9.17) is 0 Å². The highest BCUT2D eigenvalue weighted by Gasteiger charge is 2.29. The van der Waals surface area contributed by atoms with Gasteiger partial charge in [0.15, 0.2) is 0 Å². The maximum atomic E-state index is 3.81. The van der Waals surface area contributed by atoms with Crippen LogP contribution in [0.4, 0.5) is 0 Å². The highest BCUT2D eigenvalue weighted by molar-refractivity contribution is 7.99. The molecule has 2 rings (SSSR count). The van der Waals surface area contributed by atoms with Crippen molar-refractivity contribution in [3.05, 3.63) is 0 Å². The van der Waals surface area contributed by atoms with Crippen LogP contribution in [0, 0.1) is 5.92 Å². The molecule has 1 saturated carbocycles. The van der Waals surface area contributed by atoms with Crippen molar-refractivity contribution >= 4 is 11.8 Å². The SMILES string of the molecule is CCC1CC(NC2CCSCC2)C1. The summed E-state index contributed by atoms with van der Waals surface area (Å²) >= 11 is 2.12. The number of nitrogens with one attached hydrogen (secondary N) is 1. The second-order valence-corrected chi connectivity index (χ2v) is 5.72. The molecule has 1 saturated heterocycles. The van der Waals surface area contributed by atoms with Crippen molar-refractivity contribution in [3.63, 3.8) is 0 Å². The van der Waals surface area contributed by atoms with Gasteiger partial charge in [-0.2, -0.15) is 11.8 Å². The fourth-order valence-corrected chi connectivity index (χ4v) is 3.51. The molecular weight excluding hydrogens is 178 g/mol. The fraction of sp³-hybridized carbons (Fsp3) is 1.00. The molecule has 2 aliphatic rings. The zero-order chi connectivity index (χ0) is 9.10. The Morgan fingerprint density at radius 1 is 1.15 bits per heavy atom. The minimum absolute atomic E-state index is 0.851. The van der Waals surface area contributed by atoms with E-state index in [0.717, 1.165) is 18.0 Å². The quantitative estimate of drug-likeness (QED) is 0.750. The van der Waals surface area contributed by atoms with Gasteiger partial charge in [0.2, 0.25) is 0 Å². The van der Waals surface area contributed by atoms with Crippen LogP contribution in [0.1, 0.15) is 39.0 Å². The van der Waals surface area contributed by atoms with Gasteiger partial charge in [0.25, 0.3) is 0 Å². The summed E-state index contributed by atoms with van der Waals surface area (Å²) in [6.45, 7) is 2.32. The maximum Gasteiger partial charge on any atom is 0.00853 e. The summed E-state index contributed by atoms with van der Waals surface area (Å²) in [7, 11) is 0. The molecule has 1 nitrogen and oxygen atoms in total. The standard InChI is InChI=1S/C11H21NS/c1-2-9-7-11(8-9)12-10-3-5-13-6-4-10/h9-12H,2-8H2,1H3. The second kappa shape index (κ2) is 4.70. The summed E-state index contributed by atoms with van der Waals surface area (Å²) < 4.78 is 0. The first-order chi connectivity index (χ1) is 6.38. The predicted molar refractivity (Wildman–Crippen MR) is 60.3 cm³/mol. The lowest BCUT2D eigenvalue weighted by Gasteiger charge is -2.39. The third-order valence-electron chi connectivity index (χ3n) is 3.51. The molecule has 2 heteroatoms. The van der Waals surface area contributed by atoms with E-state index in [1.807, 2.05) is 0 Å². The molecule has 13 heavy (non-hydrogen) atoms. The van der Waals surface area contributed by atoms with Gasteiger partial charge in [-0.1, -0.05) is 13.3 Å². The van der Waals surface area contributed by atoms with Crippen LogP contribution in [0.5, 0.6) is 0 Å². The number of hydrogen-bond acceptors (Lipinski definition) is 2. The zero-order valence-corrected chi connectivity index (χ0v) is 9.41. The Morgan fingerprint density at radius 3 is 2.46 bits per heavy atom. The lowest BCUT2D eigenvalue weighted by molar-refractivity contribution is 0.197. The van der Waals surface area contributed by atoms with Crippen molar-refractivity contribution in [2.24, 2.45) is 5.92 Å². The van der Waals surface area contributed by atoms with Gasteiger partial charge in [-0.3, -0.25) is 0 Å². The lowest BCUT2D eigenvalue weighted by Crippen LogP contribution is -2.47. The minimum Gasteiger partial charge on any atom is -0.311 e. The molecule has 0 aromatic heterocycles. The van der Waals surface area contributed by atoms with Gasteiger partial charge in [0.1, 0.15) is 0 Å². The molecule has 1 aliphatic carbocycles. The van der Waals surface area contributed by atoms with Gasteiger partial charge in [-0.25, -0.2) is 0 Å². The Bertz CT molecular complexity index is 148. The highest BCUT2D eigenvalue weighted by Crippen LogP contribution is 2.31. The Kier molecular flexibility index (Phi) is 3.56. The van der Waals surface area contributed by atoms with Gasteiger partial charge >= 0.3 is 0 Å². The van der Waals surface area contributed by atoms with Gasteiger partial charge in [-0.05, 0) is 43.1 Å². The van der Waals surface area contributed by atoms with Crippen molar-refractivity contribution in [2.75, 3.05) is 11.5 Å². The average molecular weight is 199 g/mol. The van der Waals surface area contributed by atoms with Crippen LogP contribution in [0.15, 0.2) is 0 Å². The molecule has 0 spiro atoms. The van der Waals surface area contributed by atoms with Gasteiger partial charge in [-0.15, -0.1) is 0 Å². The van der Waals surface area contributed by atoms with Crippen LogP contribution in [0.25, 0.3) is 0 Å². The van der Waals surface area contributed by atoms with Crippen molar-refractivity contribution in [2.45, 2.75) is 51.1 Å². The van der Waals surface area contributed by atoms with E-state index in [-0.39, 0.29) is 0 Å². The third kappa shape index (κ3) is 2.63. The molecule has 0 aromatic carbocycles. The topological polar surface area (TPSA) is 12.0 Å². The first kappa shape index (κ1) is 9.85. The van der Waals surface area contributed by atoms with Gasteiger partial charge < -0.3 is 5.32 Å². The molecule has 76 valence electrons. The minimum atomic E-state index is 0.851. The summed E-state index contributed by atoms with van der Waals surface area (Å²) in [5.41, 5.74) is 0. The van der Waals surface area contributed by atoms with Crippen LogP contribution in [0.2, 0.25) is 0 Å². The smallest absolute Gasteiger partial charge is 0.00853 e. The van der Waals surface area contributed by atoms with E-state index in [1.165, 1.54) is 43.6 Å². The molecule has 1 N–H and O–H groups in total. The predicted octanol–water partition coefficient (Wildman–Crippen LogP) is 2.66. The van der Waals surface area contributed by atoms with E-state index < -0.39 is 0 Å². The number of hydrogen-bond donors (Lipinski definition) is 1. The Labute approximate surface area is 86.0 Å². The van der Waals surface area contributed by atoms with Crippen LogP contribution >= 0.6 is 11.8 Å². The molecule has 0 radical (unpaired) electrons. The maximum absolute atomic E-state index is 3.81. The third-order valence-corrected chi connectivity index (χ3v) is 4.55. The van der Waals surface area contributed by atoms with Crippen molar-refractivity contribution in [1.82, 2.24) is 5.32 Å². The first-order valence-electron chi connectivity index (χ1n) is 5.72. The molecule has 2 fully saturated rings. The number of rotatable bonds is 3. The Balaban J connectivity index is 1.62. The first-order valence-corrected chi connectivity index (χ1v) is 6.87. The molecule has 0 aromatic rings. The summed E-state index contributed by atoms with van der Waals surface area (Å²) in [6.07, 6.45) is 7.08. The van der Waals surface area contributed by atoms with E-state index >= 15 is 0 Å². The normalized spacial score (nSPS) is 35.8. The molecule has 1 heterocycles. The zero-order valence-electron chi connectivity index (χ0n) is 8.59. The molecule has 0 atom stereocenters. The summed E-state index contributed by atoms with van der Waals surface area (Å²) in [5.74, 6) is 3.79. The molecular formula is C11H21NS. The van der Waals surface area contributed by atoms with E-state index in [9.17, 15) is 0 Å². The monoisotopic (exact) mass is 199 g/mol. The van der Waals surface area contributed by atoms with E-state index in [0.29, 0.717) is 0 Å². The molecule has 0 amide bonds. The highest BCUT2D eigenvalue weighted by atomic mass is 32.2. The van der Waals surface area contributed by atoms with Gasteiger partial charge in [0.05, 0.1) is 0 Å². The lowest BCUT2D eigenvalue weighted by atomic mass is 9.78. The van der Waals surface area contributed by atoms with Gasteiger partial charge in [0, 0.05) is 12.1 Å². The van der Waals surface area contributed by atoms with E-state index in [1.54, 1.807) is 0 Å². The summed E-state index contributed by atoms with van der Waals surface area (Å²) in [5, 5.41) is 3.81. The summed E-state index contributed by atoms with van der Waals surface area (Å²) in [6, 6.07) is 1.72. The Hall–Kier alpha value is 0.310. The second-order valence-electron chi connectivity index (χ2n) is 4.50. The molecule has 0 unspecified atom stereocenters. The molecule has 1 aliphatic heterocycles. The van der Waals surface area contributed by atoms with Crippen molar-refractivity contribution in [1.29, 1.82) is 0 Å². The average Bonchev–Trinajstić information content (AvgIpc) is 2.12. The van der Waals surface area contributed by atoms with Crippen molar-refractivity contribution in [3.8, 4) is 0 Å². The van der Waals surface area contributed by atoms with Crippen LogP contribution in [-0.2, 0) is 0 Å². The molecule has 0 bridgehead atoms. The largest absolute Gasteiger partial charge is 0.311 e. The van der Waals surface area contributed by atoms with Crippen LogP contribution in [0.3, 0.4) is 0 Å². The number of thioether (sulfide) groups is 1.